The minimum Gasteiger partial charge on any atom is -0.293 e. The van der Waals surface area contributed by atoms with Crippen molar-refractivity contribution in [2.75, 3.05) is 7.05 Å². The second-order valence-electron chi connectivity index (χ2n) is 3.54. The molecule has 0 aliphatic heterocycles. The highest BCUT2D eigenvalue weighted by Crippen LogP contribution is 2.24. The van der Waals surface area contributed by atoms with Gasteiger partial charge in [0, 0.05) is 10.9 Å². The molecule has 0 spiro atoms. The van der Waals surface area contributed by atoms with Crippen LogP contribution in [-0.2, 0) is 4.79 Å². The summed E-state index contributed by atoms with van der Waals surface area (Å²) in [6, 6.07) is 4.07. The Hall–Kier alpha value is -0.910. The van der Waals surface area contributed by atoms with Crippen molar-refractivity contribution >= 4 is 17.2 Å². The van der Waals surface area contributed by atoms with Crippen molar-refractivity contribution in [1.82, 2.24) is 10.3 Å². The number of hydrogen-bond acceptors (Lipinski definition) is 4. The zero-order chi connectivity index (χ0) is 11.4. The van der Waals surface area contributed by atoms with Crippen LogP contribution in [0.2, 0.25) is 0 Å². The smallest absolute Gasteiger partial charge is 0.250 e. The molecule has 0 saturated heterocycles. The van der Waals surface area contributed by atoms with Crippen molar-refractivity contribution in [3.63, 3.8) is 0 Å². The maximum Gasteiger partial charge on any atom is 0.250 e. The largest absolute Gasteiger partial charge is 0.293 e. The number of hydrazine groups is 1. The molecule has 1 amide bonds. The second-order valence-corrected chi connectivity index (χ2v) is 4.52. The van der Waals surface area contributed by atoms with Gasteiger partial charge < -0.3 is 0 Å². The Morgan fingerprint density at radius 2 is 2.27 bits per heavy atom. The molecule has 0 fully saturated rings. The van der Waals surface area contributed by atoms with Crippen LogP contribution in [0, 0.1) is 0 Å². The van der Waals surface area contributed by atoms with Gasteiger partial charge >= 0.3 is 0 Å². The zero-order valence-corrected chi connectivity index (χ0v) is 10.0. The molecule has 15 heavy (non-hydrogen) atoms. The van der Waals surface area contributed by atoms with Crippen molar-refractivity contribution in [2.45, 2.75) is 25.9 Å². The fraction of sp³-hybridized carbons (Fsp3) is 0.500. The van der Waals surface area contributed by atoms with E-state index in [0.717, 1.165) is 0 Å². The molecule has 0 aliphatic rings. The van der Waals surface area contributed by atoms with Gasteiger partial charge in [0.1, 0.15) is 0 Å². The molecule has 84 valence electrons. The molecule has 1 rings (SSSR count). The summed E-state index contributed by atoms with van der Waals surface area (Å²) in [6.07, 6.45) is 0. The van der Waals surface area contributed by atoms with E-state index in [1.54, 1.807) is 11.3 Å². The van der Waals surface area contributed by atoms with Gasteiger partial charge in [-0.05, 0) is 32.3 Å². The third-order valence-electron chi connectivity index (χ3n) is 2.70. The van der Waals surface area contributed by atoms with E-state index >= 15 is 0 Å². The van der Waals surface area contributed by atoms with Crippen LogP contribution in [0.3, 0.4) is 0 Å². The monoisotopic (exact) mass is 227 g/mol. The Morgan fingerprint density at radius 1 is 1.60 bits per heavy atom. The first kappa shape index (κ1) is 12.2. The molecule has 0 saturated carbocycles. The lowest BCUT2D eigenvalue weighted by Gasteiger charge is -2.28. The summed E-state index contributed by atoms with van der Waals surface area (Å²) < 4.78 is 0. The van der Waals surface area contributed by atoms with Crippen LogP contribution in [0.5, 0.6) is 0 Å². The lowest BCUT2D eigenvalue weighted by molar-refractivity contribution is -0.126. The highest BCUT2D eigenvalue weighted by Gasteiger charge is 2.22. The molecule has 1 heterocycles. The van der Waals surface area contributed by atoms with Crippen molar-refractivity contribution in [2.24, 2.45) is 5.84 Å². The average molecular weight is 227 g/mol. The standard InChI is InChI=1S/C10H17N3OS/c1-7(9-5-4-6-15-9)13(3)8(2)10(14)12-11/h4-8H,11H2,1-3H3,(H,12,14). The van der Waals surface area contributed by atoms with Gasteiger partial charge in [-0.2, -0.15) is 0 Å². The van der Waals surface area contributed by atoms with Crippen molar-refractivity contribution in [1.29, 1.82) is 0 Å². The maximum absolute atomic E-state index is 11.4. The van der Waals surface area contributed by atoms with E-state index in [1.165, 1.54) is 4.88 Å². The highest BCUT2D eigenvalue weighted by atomic mass is 32.1. The topological polar surface area (TPSA) is 58.4 Å². The number of carbonyl (C=O) groups excluding carboxylic acids is 1. The third-order valence-corrected chi connectivity index (χ3v) is 3.74. The second kappa shape index (κ2) is 5.25. The molecule has 1 aromatic rings. The van der Waals surface area contributed by atoms with E-state index in [0.29, 0.717) is 0 Å². The molecule has 0 bridgehead atoms. The van der Waals surface area contributed by atoms with Gasteiger partial charge in [0.2, 0.25) is 0 Å². The Labute approximate surface area is 94.0 Å². The van der Waals surface area contributed by atoms with Gasteiger partial charge in [-0.3, -0.25) is 15.1 Å². The van der Waals surface area contributed by atoms with Crippen LogP contribution in [0.25, 0.3) is 0 Å². The molecule has 5 heteroatoms. The average Bonchev–Trinajstić information content (AvgIpc) is 2.78. The van der Waals surface area contributed by atoms with Crippen molar-refractivity contribution in [3.05, 3.63) is 22.4 Å². The summed E-state index contributed by atoms with van der Waals surface area (Å²) in [4.78, 5) is 14.6. The van der Waals surface area contributed by atoms with Crippen molar-refractivity contribution < 1.29 is 4.79 Å². The zero-order valence-electron chi connectivity index (χ0n) is 9.23. The SMILES string of the molecule is CC(C(=O)NN)N(C)C(C)c1cccs1. The van der Waals surface area contributed by atoms with Crippen LogP contribution >= 0.6 is 11.3 Å². The predicted molar refractivity (Wildman–Crippen MR) is 62.3 cm³/mol. The molecular weight excluding hydrogens is 210 g/mol. The lowest BCUT2D eigenvalue weighted by Crippen LogP contribution is -2.46. The summed E-state index contributed by atoms with van der Waals surface area (Å²) in [7, 11) is 1.92. The van der Waals surface area contributed by atoms with Crippen molar-refractivity contribution in [3.8, 4) is 0 Å². The normalized spacial score (nSPS) is 15.0. The van der Waals surface area contributed by atoms with E-state index < -0.39 is 0 Å². The molecule has 4 nitrogen and oxygen atoms in total. The lowest BCUT2D eigenvalue weighted by atomic mass is 10.2. The predicted octanol–water partition coefficient (Wildman–Crippen LogP) is 1.12. The highest BCUT2D eigenvalue weighted by molar-refractivity contribution is 7.10. The van der Waals surface area contributed by atoms with E-state index in [4.69, 9.17) is 5.84 Å². The minimum absolute atomic E-state index is 0.166. The van der Waals surface area contributed by atoms with Crippen LogP contribution in [-0.4, -0.2) is 23.9 Å². The number of nitrogens with two attached hydrogens (primary N) is 1. The number of nitrogens with one attached hydrogen (secondary N) is 1. The molecule has 3 N–H and O–H groups in total. The van der Waals surface area contributed by atoms with Gasteiger partial charge in [-0.15, -0.1) is 11.3 Å². The first-order valence-electron chi connectivity index (χ1n) is 4.83. The van der Waals surface area contributed by atoms with Crippen LogP contribution in [0.15, 0.2) is 17.5 Å². The van der Waals surface area contributed by atoms with E-state index in [2.05, 4.69) is 18.4 Å². The van der Waals surface area contributed by atoms with Crippen LogP contribution < -0.4 is 11.3 Å². The number of rotatable bonds is 4. The van der Waals surface area contributed by atoms with E-state index in [-0.39, 0.29) is 18.0 Å². The van der Waals surface area contributed by atoms with Gasteiger partial charge in [-0.25, -0.2) is 5.84 Å². The van der Waals surface area contributed by atoms with Crippen LogP contribution in [0.4, 0.5) is 0 Å². The third kappa shape index (κ3) is 2.77. The molecule has 1 aromatic heterocycles. The summed E-state index contributed by atoms with van der Waals surface area (Å²) in [5, 5.41) is 2.04. The van der Waals surface area contributed by atoms with Gasteiger partial charge in [0.15, 0.2) is 0 Å². The molecule has 2 unspecified atom stereocenters. The van der Waals surface area contributed by atoms with Gasteiger partial charge in [0.05, 0.1) is 6.04 Å². The first-order valence-corrected chi connectivity index (χ1v) is 5.71. The Kier molecular flexibility index (Phi) is 4.26. The minimum atomic E-state index is -0.230. The summed E-state index contributed by atoms with van der Waals surface area (Å²) in [5.74, 6) is 4.94. The number of likely N-dealkylation sites (N-methyl/N-ethyl adjacent to an activating group) is 1. The molecular formula is C10H17N3OS. The Balaban J connectivity index is 2.68. The molecule has 0 aliphatic carbocycles. The number of amides is 1. The maximum atomic E-state index is 11.4. The Bertz CT molecular complexity index is 312. The van der Waals surface area contributed by atoms with E-state index in [1.807, 2.05) is 30.3 Å². The number of carbonyl (C=O) groups is 1. The quantitative estimate of drug-likeness (QED) is 0.460. The fourth-order valence-electron chi connectivity index (χ4n) is 1.37. The first-order chi connectivity index (χ1) is 7.07. The molecule has 0 aromatic carbocycles. The van der Waals surface area contributed by atoms with Crippen LogP contribution in [0.1, 0.15) is 24.8 Å². The van der Waals surface area contributed by atoms with E-state index in [9.17, 15) is 4.79 Å². The van der Waals surface area contributed by atoms with Gasteiger partial charge in [-0.1, -0.05) is 6.07 Å². The molecule has 2 atom stereocenters. The Morgan fingerprint density at radius 3 is 2.73 bits per heavy atom. The number of hydrogen-bond donors (Lipinski definition) is 2. The van der Waals surface area contributed by atoms with Gasteiger partial charge in [0.25, 0.3) is 5.91 Å². The molecule has 0 radical (unpaired) electrons. The number of nitrogens with zero attached hydrogens (tertiary/aromatic N) is 1. The fourth-order valence-corrected chi connectivity index (χ4v) is 2.21. The number of thiophene rings is 1. The summed E-state index contributed by atoms with van der Waals surface area (Å²) in [6.45, 7) is 3.92. The summed E-state index contributed by atoms with van der Waals surface area (Å²) in [5.41, 5.74) is 2.17. The summed E-state index contributed by atoms with van der Waals surface area (Å²) >= 11 is 1.69.